The van der Waals surface area contributed by atoms with Crippen molar-refractivity contribution in [2.75, 3.05) is 7.11 Å². The summed E-state index contributed by atoms with van der Waals surface area (Å²) in [4.78, 5) is 9.75. The van der Waals surface area contributed by atoms with E-state index in [1.54, 1.807) is 0 Å². The number of thioether (sulfide) groups is 1. The lowest BCUT2D eigenvalue weighted by Gasteiger charge is -2.13. The Morgan fingerprint density at radius 1 is 1.85 bits per heavy atom. The summed E-state index contributed by atoms with van der Waals surface area (Å²) in [5.41, 5.74) is 4.46. The topological polar surface area (TPSA) is 101 Å². The number of hydrogen-bond acceptors (Lipinski definition) is 6. The first kappa shape index (κ1) is 9.87. The minimum atomic E-state index is -0.698. The molecule has 0 radical (unpaired) electrons. The van der Waals surface area contributed by atoms with Crippen molar-refractivity contribution in [3.63, 3.8) is 0 Å². The Bertz CT molecular complexity index is 295. The summed E-state index contributed by atoms with van der Waals surface area (Å²) in [5.74, 6) is -0.698. The third kappa shape index (κ3) is 1.93. The number of nitro groups is 1. The van der Waals surface area contributed by atoms with E-state index in [0.717, 1.165) is 17.8 Å². The minimum absolute atomic E-state index is 0.124. The molecule has 1 heterocycles. The van der Waals surface area contributed by atoms with Gasteiger partial charge >= 0.3 is 5.03 Å². The second kappa shape index (κ2) is 3.67. The average Bonchev–Trinajstić information content (AvgIpc) is 2.47. The van der Waals surface area contributed by atoms with Gasteiger partial charge in [-0.15, -0.1) is 0 Å². The number of ether oxygens (including phenoxy) is 1. The maximum atomic E-state index is 10.8. The van der Waals surface area contributed by atoms with E-state index in [-0.39, 0.29) is 10.6 Å². The van der Waals surface area contributed by atoms with Crippen LogP contribution in [-0.2, 0) is 4.74 Å². The summed E-state index contributed by atoms with van der Waals surface area (Å²) in [5, 5.41) is 21.0. The second-order valence-corrected chi connectivity index (χ2v) is 3.33. The molecule has 1 aliphatic rings. The Hall–Kier alpha value is -1.21. The number of methoxy groups -OCH3 is 1. The normalized spacial score (nSPS) is 25.6. The van der Waals surface area contributed by atoms with Gasteiger partial charge in [0.05, 0.1) is 4.92 Å². The molecule has 0 unspecified atom stereocenters. The van der Waals surface area contributed by atoms with Gasteiger partial charge < -0.3 is 15.6 Å². The van der Waals surface area contributed by atoms with Crippen LogP contribution in [0.5, 0.6) is 0 Å². The Balaban J connectivity index is 2.95. The van der Waals surface area contributed by atoms with Gasteiger partial charge in [0.15, 0.2) is 0 Å². The fourth-order valence-electron chi connectivity index (χ4n) is 0.866. The van der Waals surface area contributed by atoms with Crippen molar-refractivity contribution in [1.82, 2.24) is 0 Å². The Kier molecular flexibility index (Phi) is 2.79. The fraction of sp³-hybridized carbons (Fsp3) is 0.333. The molecule has 0 fully saturated rings. The molecule has 0 spiro atoms. The maximum Gasteiger partial charge on any atom is 0.306 e. The van der Waals surface area contributed by atoms with Crippen molar-refractivity contribution in [3.8, 4) is 0 Å². The van der Waals surface area contributed by atoms with Gasteiger partial charge in [-0.3, -0.25) is 10.1 Å². The molecule has 0 bridgehead atoms. The number of nitrogens with two attached hydrogens (primary N) is 1. The Labute approximate surface area is 78.2 Å². The van der Waals surface area contributed by atoms with Gasteiger partial charge in [0.1, 0.15) is 5.44 Å². The molecule has 13 heavy (non-hydrogen) atoms. The summed E-state index contributed by atoms with van der Waals surface area (Å²) in [6.07, 6.45) is 1.14. The van der Waals surface area contributed by atoms with Crippen molar-refractivity contribution in [1.29, 1.82) is 0 Å². The van der Waals surface area contributed by atoms with E-state index in [0.29, 0.717) is 0 Å². The Morgan fingerprint density at radius 3 is 2.77 bits per heavy atom. The van der Waals surface area contributed by atoms with Gasteiger partial charge in [-0.05, 0) is 17.6 Å². The van der Waals surface area contributed by atoms with Gasteiger partial charge in [-0.25, -0.2) is 0 Å². The average molecular weight is 203 g/mol. The third-order valence-electron chi connectivity index (χ3n) is 1.44. The van der Waals surface area contributed by atoms with Crippen LogP contribution in [0.2, 0.25) is 0 Å². The molecule has 6 nitrogen and oxygen atoms in total. The van der Waals surface area contributed by atoms with E-state index in [1.807, 2.05) is 0 Å². The van der Waals surface area contributed by atoms with Gasteiger partial charge in [0, 0.05) is 18.8 Å². The van der Waals surface area contributed by atoms with Gasteiger partial charge in [0.2, 0.25) is 0 Å². The molecular weight excluding hydrogens is 196 g/mol. The van der Waals surface area contributed by atoms with E-state index in [2.05, 4.69) is 0 Å². The number of hydrogen-bond donors (Lipinski definition) is 1. The van der Waals surface area contributed by atoms with Crippen LogP contribution in [0.15, 0.2) is 22.6 Å². The van der Waals surface area contributed by atoms with Crippen LogP contribution in [-0.4, -0.2) is 17.5 Å². The molecule has 72 valence electrons. The second-order valence-electron chi connectivity index (χ2n) is 2.24. The molecule has 0 aliphatic carbocycles. The molecule has 0 amide bonds. The number of rotatable bonds is 2. The lowest BCUT2D eigenvalue weighted by atomic mass is 10.3. The predicted molar refractivity (Wildman–Crippen MR) is 44.7 cm³/mol. The highest BCUT2D eigenvalue weighted by atomic mass is 32.2. The van der Waals surface area contributed by atoms with Gasteiger partial charge in [-0.2, -0.15) is 0 Å². The molecule has 0 aromatic heterocycles. The fourth-order valence-corrected chi connectivity index (χ4v) is 1.77. The molecule has 1 atom stereocenters. The minimum Gasteiger partial charge on any atom is -0.860 e. The summed E-state index contributed by atoms with van der Waals surface area (Å²) in [6, 6.07) is 0. The summed E-state index contributed by atoms with van der Waals surface area (Å²) < 4.78 is 4.83. The highest BCUT2D eigenvalue weighted by Gasteiger charge is 2.30. The van der Waals surface area contributed by atoms with Gasteiger partial charge in [0.25, 0.3) is 0 Å². The molecular formula is C6H7N2O4S-. The van der Waals surface area contributed by atoms with Crippen LogP contribution < -0.4 is 10.8 Å². The molecule has 1 aliphatic heterocycles. The summed E-state index contributed by atoms with van der Waals surface area (Å²) in [6.45, 7) is 0. The molecule has 0 aromatic carbocycles. The standard InChI is InChI=1S/C6H8N2O4S/c1-12-6-3(5(7)9)2-4(13-6)8(10)11/h2,6,9H,7H2,1H3/p-1/b5-3+/t6-/m1/s1. The monoisotopic (exact) mass is 203 g/mol. The van der Waals surface area contributed by atoms with Crippen LogP contribution in [0, 0.1) is 10.1 Å². The molecule has 0 aromatic rings. The SMILES string of the molecule is CO[C@@H]1SC([N+](=O)[O-])=C/C1=C(/N)[O-]. The van der Waals surface area contributed by atoms with Crippen molar-refractivity contribution in [3.05, 3.63) is 32.7 Å². The van der Waals surface area contributed by atoms with Crippen molar-refractivity contribution >= 4 is 11.8 Å². The summed E-state index contributed by atoms with van der Waals surface area (Å²) >= 11 is 0.857. The highest BCUT2D eigenvalue weighted by Crippen LogP contribution is 2.36. The van der Waals surface area contributed by atoms with E-state index in [4.69, 9.17) is 10.5 Å². The van der Waals surface area contributed by atoms with Crippen molar-refractivity contribution in [2.24, 2.45) is 5.73 Å². The van der Waals surface area contributed by atoms with Crippen LogP contribution >= 0.6 is 11.8 Å². The van der Waals surface area contributed by atoms with Crippen molar-refractivity contribution in [2.45, 2.75) is 5.44 Å². The highest BCUT2D eigenvalue weighted by molar-refractivity contribution is 8.03. The van der Waals surface area contributed by atoms with E-state index >= 15 is 0 Å². The molecule has 7 heteroatoms. The van der Waals surface area contributed by atoms with E-state index < -0.39 is 16.2 Å². The van der Waals surface area contributed by atoms with Crippen LogP contribution in [0.3, 0.4) is 0 Å². The zero-order valence-corrected chi connectivity index (χ0v) is 7.54. The molecule has 2 N–H and O–H groups in total. The van der Waals surface area contributed by atoms with Crippen molar-refractivity contribution < 1.29 is 14.8 Å². The smallest absolute Gasteiger partial charge is 0.306 e. The first-order chi connectivity index (χ1) is 6.06. The zero-order valence-electron chi connectivity index (χ0n) is 6.72. The van der Waals surface area contributed by atoms with Crippen LogP contribution in [0.4, 0.5) is 0 Å². The quantitative estimate of drug-likeness (QED) is 0.363. The maximum absolute atomic E-state index is 10.8. The third-order valence-corrected chi connectivity index (χ3v) is 2.61. The first-order valence-corrected chi connectivity index (χ1v) is 4.16. The van der Waals surface area contributed by atoms with Crippen LogP contribution in [0.1, 0.15) is 0 Å². The molecule has 0 saturated heterocycles. The largest absolute Gasteiger partial charge is 0.860 e. The van der Waals surface area contributed by atoms with E-state index in [1.165, 1.54) is 7.11 Å². The lowest BCUT2D eigenvalue weighted by Crippen LogP contribution is -2.20. The molecule has 1 rings (SSSR count). The van der Waals surface area contributed by atoms with Gasteiger partial charge in [-0.1, -0.05) is 0 Å². The zero-order chi connectivity index (χ0) is 10.0. The lowest BCUT2D eigenvalue weighted by molar-refractivity contribution is -0.410. The number of nitrogens with zero attached hydrogens (tertiary/aromatic N) is 1. The van der Waals surface area contributed by atoms with Crippen LogP contribution in [0.25, 0.3) is 0 Å². The Morgan fingerprint density at radius 2 is 2.46 bits per heavy atom. The first-order valence-electron chi connectivity index (χ1n) is 3.28. The predicted octanol–water partition coefficient (Wildman–Crippen LogP) is -0.646. The molecule has 0 saturated carbocycles. The van der Waals surface area contributed by atoms with E-state index in [9.17, 15) is 15.2 Å². The summed E-state index contributed by atoms with van der Waals surface area (Å²) in [7, 11) is 1.36.